The molecule has 1 aliphatic heterocycles. The molecule has 0 spiro atoms. The summed E-state index contributed by atoms with van der Waals surface area (Å²) < 4.78 is 28.5. The highest BCUT2D eigenvalue weighted by atomic mass is 19.1. The highest BCUT2D eigenvalue weighted by molar-refractivity contribution is 5.77. The van der Waals surface area contributed by atoms with E-state index >= 15 is 4.39 Å². The van der Waals surface area contributed by atoms with Gasteiger partial charge in [0.25, 0.3) is 0 Å². The van der Waals surface area contributed by atoms with Crippen molar-refractivity contribution in [1.82, 2.24) is 9.88 Å². The molecule has 5 rings (SSSR count). The van der Waals surface area contributed by atoms with Gasteiger partial charge < -0.3 is 19.0 Å². The number of para-hydroxylation sites is 1. The van der Waals surface area contributed by atoms with Crippen LogP contribution in [-0.2, 0) is 24.4 Å². The molecule has 0 fully saturated rings. The summed E-state index contributed by atoms with van der Waals surface area (Å²) in [5.74, 6) is 1.92. The number of nitrogens with one attached hydrogen (secondary N) is 1. The predicted molar refractivity (Wildman–Crippen MR) is 124 cm³/mol. The minimum Gasteiger partial charge on any atom is -0.488 e. The third kappa shape index (κ3) is 4.16. The topological polar surface area (TPSA) is 56.4 Å². The van der Waals surface area contributed by atoms with E-state index in [-0.39, 0.29) is 18.1 Å². The first-order valence-corrected chi connectivity index (χ1v) is 11.0. The third-order valence-electron chi connectivity index (χ3n) is 5.89. The van der Waals surface area contributed by atoms with Crippen LogP contribution in [0, 0.1) is 19.7 Å². The number of aromatic nitrogens is 1. The van der Waals surface area contributed by atoms with Gasteiger partial charge in [-0.2, -0.15) is 0 Å². The largest absolute Gasteiger partial charge is 0.488 e. The summed E-state index contributed by atoms with van der Waals surface area (Å²) in [6.45, 7) is 4.49. The number of hydrogen-bond donors (Lipinski definition) is 1. The van der Waals surface area contributed by atoms with Crippen molar-refractivity contribution in [2.24, 2.45) is 0 Å². The molecule has 0 saturated carbocycles. The van der Waals surface area contributed by atoms with Crippen molar-refractivity contribution >= 4 is 5.91 Å². The fraction of sp³-hybridized carbons (Fsp3) is 0.222. The van der Waals surface area contributed by atoms with Crippen molar-refractivity contribution < 1.29 is 18.3 Å². The Hall–Kier alpha value is -3.80. The van der Waals surface area contributed by atoms with Crippen LogP contribution in [0.5, 0.6) is 5.75 Å². The molecule has 168 valence electrons. The Morgan fingerprint density at radius 3 is 2.73 bits per heavy atom. The van der Waals surface area contributed by atoms with Crippen LogP contribution in [0.3, 0.4) is 0 Å². The fourth-order valence-corrected chi connectivity index (χ4v) is 4.32. The van der Waals surface area contributed by atoms with Crippen LogP contribution in [0.1, 0.15) is 34.8 Å². The number of furan rings is 1. The first kappa shape index (κ1) is 21.1. The van der Waals surface area contributed by atoms with Crippen LogP contribution in [-0.4, -0.2) is 10.5 Å². The summed E-state index contributed by atoms with van der Waals surface area (Å²) in [5.41, 5.74) is 5.01. The number of ether oxygens (including phenoxy) is 1. The lowest BCUT2D eigenvalue weighted by Gasteiger charge is -2.21. The quantitative estimate of drug-likeness (QED) is 0.419. The number of rotatable bonds is 6. The number of carbonyl (C=O) groups is 1. The van der Waals surface area contributed by atoms with Gasteiger partial charge in [-0.05, 0) is 68.3 Å². The van der Waals surface area contributed by atoms with Gasteiger partial charge >= 0.3 is 0 Å². The average Bonchev–Trinajstić information content (AvgIpc) is 3.39. The summed E-state index contributed by atoms with van der Waals surface area (Å²) in [6, 6.07) is 18.8. The summed E-state index contributed by atoms with van der Waals surface area (Å²) in [5, 5.41) is 2.90. The number of amides is 1. The number of benzene rings is 2. The van der Waals surface area contributed by atoms with Crippen molar-refractivity contribution in [2.75, 3.05) is 0 Å². The molecular weight excluding hydrogens is 419 g/mol. The van der Waals surface area contributed by atoms with E-state index in [1.54, 1.807) is 6.07 Å². The van der Waals surface area contributed by atoms with E-state index in [9.17, 15) is 4.79 Å². The number of halogens is 1. The summed E-state index contributed by atoms with van der Waals surface area (Å²) in [6.07, 6.45) is 0.740. The van der Waals surface area contributed by atoms with Crippen LogP contribution in [0.25, 0.3) is 16.9 Å². The number of nitrogens with zero attached hydrogens (tertiary/aromatic N) is 1. The van der Waals surface area contributed by atoms with Gasteiger partial charge in [0.2, 0.25) is 5.91 Å². The molecule has 2 aromatic heterocycles. The Bertz CT molecular complexity index is 1340. The standard InChI is InChI=1S/C27H25FN2O3/c1-17-7-11-24(23(28)13-17)30-20(9-12-26(31)29-15-21-10-8-18(2)33-21)14-19-16-32-25-6-4-3-5-22(25)27(19)30/h3-8,10-11,13-14H,9,12,15-16H2,1-2H3,(H,29,31). The molecule has 0 saturated heterocycles. The summed E-state index contributed by atoms with van der Waals surface area (Å²) >= 11 is 0. The van der Waals surface area contributed by atoms with E-state index in [0.717, 1.165) is 45.3 Å². The molecule has 1 aliphatic rings. The lowest BCUT2D eigenvalue weighted by molar-refractivity contribution is -0.121. The van der Waals surface area contributed by atoms with E-state index in [1.807, 2.05) is 66.9 Å². The lowest BCUT2D eigenvalue weighted by atomic mass is 10.0. The Labute approximate surface area is 191 Å². The minimum atomic E-state index is -0.295. The SMILES string of the molecule is Cc1ccc(-n2c(CCC(=O)NCc3ccc(C)o3)cc3c2-c2ccccc2OC3)c(F)c1. The highest BCUT2D eigenvalue weighted by Crippen LogP contribution is 2.41. The van der Waals surface area contributed by atoms with Crippen LogP contribution in [0.15, 0.2) is 65.1 Å². The molecule has 2 aromatic carbocycles. The second kappa shape index (κ2) is 8.62. The molecule has 0 atom stereocenters. The number of hydrogen-bond acceptors (Lipinski definition) is 3. The average molecular weight is 445 g/mol. The number of aryl methyl sites for hydroxylation is 3. The van der Waals surface area contributed by atoms with E-state index in [4.69, 9.17) is 9.15 Å². The van der Waals surface area contributed by atoms with Crippen molar-refractivity contribution in [3.8, 4) is 22.7 Å². The number of carbonyl (C=O) groups excluding carboxylic acids is 1. The van der Waals surface area contributed by atoms with Gasteiger partial charge in [0.1, 0.15) is 29.7 Å². The van der Waals surface area contributed by atoms with Crippen LogP contribution in [0.4, 0.5) is 4.39 Å². The zero-order valence-corrected chi connectivity index (χ0v) is 18.7. The van der Waals surface area contributed by atoms with Gasteiger partial charge in [-0.3, -0.25) is 4.79 Å². The molecular formula is C27H25FN2O3. The second-order valence-electron chi connectivity index (χ2n) is 8.37. The predicted octanol–water partition coefficient (Wildman–Crippen LogP) is 5.63. The Morgan fingerprint density at radius 2 is 1.94 bits per heavy atom. The van der Waals surface area contributed by atoms with Crippen LogP contribution in [0.2, 0.25) is 0 Å². The van der Waals surface area contributed by atoms with Gasteiger partial charge in [0.15, 0.2) is 0 Å². The molecule has 3 heterocycles. The van der Waals surface area contributed by atoms with Crippen LogP contribution < -0.4 is 10.1 Å². The van der Waals surface area contributed by atoms with Gasteiger partial charge in [0.05, 0.1) is 17.9 Å². The molecule has 6 heteroatoms. The van der Waals surface area contributed by atoms with Crippen molar-refractivity contribution in [1.29, 1.82) is 0 Å². The van der Waals surface area contributed by atoms with Gasteiger partial charge in [-0.25, -0.2) is 4.39 Å². The third-order valence-corrected chi connectivity index (χ3v) is 5.89. The van der Waals surface area contributed by atoms with Crippen molar-refractivity contribution in [3.63, 3.8) is 0 Å². The minimum absolute atomic E-state index is 0.0872. The van der Waals surface area contributed by atoms with Gasteiger partial charge in [0, 0.05) is 23.2 Å². The molecule has 0 unspecified atom stereocenters. The van der Waals surface area contributed by atoms with E-state index in [1.165, 1.54) is 6.07 Å². The normalized spacial score (nSPS) is 12.1. The zero-order chi connectivity index (χ0) is 22.9. The molecule has 0 aliphatic carbocycles. The number of fused-ring (bicyclic) bond motifs is 3. The Kier molecular flexibility index (Phi) is 5.50. The maximum atomic E-state index is 15.1. The van der Waals surface area contributed by atoms with Crippen molar-refractivity contribution in [3.05, 3.63) is 94.8 Å². The molecule has 1 amide bonds. The molecule has 0 radical (unpaired) electrons. The maximum Gasteiger partial charge on any atom is 0.220 e. The molecule has 4 aromatic rings. The summed E-state index contributed by atoms with van der Waals surface area (Å²) in [7, 11) is 0. The smallest absolute Gasteiger partial charge is 0.220 e. The van der Waals surface area contributed by atoms with E-state index < -0.39 is 0 Å². The van der Waals surface area contributed by atoms with Crippen LogP contribution >= 0.6 is 0 Å². The highest BCUT2D eigenvalue weighted by Gasteiger charge is 2.26. The Morgan fingerprint density at radius 1 is 1.09 bits per heavy atom. The Balaban J connectivity index is 1.46. The monoisotopic (exact) mass is 444 g/mol. The van der Waals surface area contributed by atoms with Gasteiger partial charge in [-0.1, -0.05) is 18.2 Å². The zero-order valence-electron chi connectivity index (χ0n) is 18.7. The fourth-order valence-electron chi connectivity index (χ4n) is 4.32. The van der Waals surface area contributed by atoms with Crippen molar-refractivity contribution in [2.45, 2.75) is 39.8 Å². The molecule has 5 nitrogen and oxygen atoms in total. The first-order chi connectivity index (χ1) is 16.0. The molecule has 33 heavy (non-hydrogen) atoms. The maximum absolute atomic E-state index is 15.1. The van der Waals surface area contributed by atoms with E-state index in [0.29, 0.717) is 25.3 Å². The van der Waals surface area contributed by atoms with E-state index in [2.05, 4.69) is 5.32 Å². The molecule has 0 bridgehead atoms. The second-order valence-corrected chi connectivity index (χ2v) is 8.37. The lowest BCUT2D eigenvalue weighted by Crippen LogP contribution is -2.23. The summed E-state index contributed by atoms with van der Waals surface area (Å²) in [4.78, 5) is 12.5. The van der Waals surface area contributed by atoms with Gasteiger partial charge in [-0.15, -0.1) is 0 Å². The molecule has 1 N–H and O–H groups in total. The first-order valence-electron chi connectivity index (χ1n) is 11.0.